The number of aliphatic hydroxyl groups excluding tert-OH is 1. The summed E-state index contributed by atoms with van der Waals surface area (Å²) in [5, 5.41) is 12.6. The summed E-state index contributed by atoms with van der Waals surface area (Å²) in [5.74, 6) is -0.212. The van der Waals surface area contributed by atoms with Crippen molar-refractivity contribution in [2.75, 3.05) is 6.61 Å². The quantitative estimate of drug-likeness (QED) is 0.411. The van der Waals surface area contributed by atoms with Crippen molar-refractivity contribution >= 4 is 11.6 Å². The molecule has 0 aliphatic carbocycles. The number of hydrogen-bond acceptors (Lipinski definition) is 4. The van der Waals surface area contributed by atoms with Gasteiger partial charge in [-0.3, -0.25) is 9.20 Å². The number of benzene rings is 2. The second kappa shape index (κ2) is 9.56. The Morgan fingerprint density at radius 2 is 1.79 bits per heavy atom. The summed E-state index contributed by atoms with van der Waals surface area (Å²) in [6.45, 7) is 1.04. The molecule has 0 saturated carbocycles. The lowest BCUT2D eigenvalue weighted by molar-refractivity contribution is -0.138. The molecule has 0 saturated heterocycles. The fourth-order valence-electron chi connectivity index (χ4n) is 3.77. The van der Waals surface area contributed by atoms with E-state index in [9.17, 15) is 23.1 Å². The largest absolute Gasteiger partial charge is 0.485 e. The molecule has 0 aliphatic rings. The number of halogens is 3. The van der Waals surface area contributed by atoms with Gasteiger partial charge < -0.3 is 15.2 Å². The predicted octanol–water partition coefficient (Wildman–Crippen LogP) is 4.70. The Labute approximate surface area is 193 Å². The average Bonchev–Trinajstić information content (AvgIpc) is 3.17. The highest BCUT2D eigenvalue weighted by molar-refractivity contribution is 5.95. The van der Waals surface area contributed by atoms with E-state index in [0.29, 0.717) is 11.3 Å². The number of rotatable bonds is 7. The Kier molecular flexibility index (Phi) is 6.56. The number of aliphatic hydroxyl groups is 1. The van der Waals surface area contributed by atoms with Gasteiger partial charge in [-0.15, -0.1) is 0 Å². The van der Waals surface area contributed by atoms with Crippen LogP contribution in [0.2, 0.25) is 0 Å². The van der Waals surface area contributed by atoms with Crippen molar-refractivity contribution in [1.82, 2.24) is 14.7 Å². The van der Waals surface area contributed by atoms with Crippen LogP contribution in [0.4, 0.5) is 13.2 Å². The smallest absolute Gasteiger partial charge is 0.416 e. The molecule has 0 bridgehead atoms. The van der Waals surface area contributed by atoms with Gasteiger partial charge in [-0.2, -0.15) is 13.2 Å². The SMILES string of the molecule is Cc1nc2c(OCc3ccccc3C(F)(F)F)cccn2c1C(=O)N[C@@H](CO)c1ccccc1. The molecule has 6 nitrogen and oxygen atoms in total. The van der Waals surface area contributed by atoms with Crippen molar-refractivity contribution in [3.63, 3.8) is 0 Å². The first kappa shape index (κ1) is 23.3. The van der Waals surface area contributed by atoms with Crippen molar-refractivity contribution < 1.29 is 27.8 Å². The van der Waals surface area contributed by atoms with Gasteiger partial charge in [-0.05, 0) is 30.7 Å². The molecule has 2 aromatic carbocycles. The highest BCUT2D eigenvalue weighted by atomic mass is 19.4. The molecule has 9 heteroatoms. The molecular weight excluding hydrogens is 447 g/mol. The Bertz CT molecular complexity index is 1300. The number of amides is 1. The number of aromatic nitrogens is 2. The van der Waals surface area contributed by atoms with Gasteiger partial charge in [0.2, 0.25) is 0 Å². The van der Waals surface area contributed by atoms with Crippen molar-refractivity contribution in [3.8, 4) is 5.75 Å². The maximum atomic E-state index is 13.3. The molecule has 4 rings (SSSR count). The van der Waals surface area contributed by atoms with Crippen LogP contribution in [0, 0.1) is 6.92 Å². The Balaban J connectivity index is 1.61. The molecule has 0 radical (unpaired) electrons. The number of carbonyl (C=O) groups excluding carboxylic acids is 1. The number of alkyl halides is 3. The number of nitrogens with zero attached hydrogens (tertiary/aromatic N) is 2. The third-order valence-electron chi connectivity index (χ3n) is 5.40. The van der Waals surface area contributed by atoms with Gasteiger partial charge in [0.15, 0.2) is 11.4 Å². The molecule has 176 valence electrons. The summed E-state index contributed by atoms with van der Waals surface area (Å²) < 4.78 is 47.1. The number of fused-ring (bicyclic) bond motifs is 1. The van der Waals surface area contributed by atoms with Gasteiger partial charge >= 0.3 is 6.18 Å². The van der Waals surface area contributed by atoms with Crippen molar-refractivity contribution in [1.29, 1.82) is 0 Å². The van der Waals surface area contributed by atoms with Crippen LogP contribution in [0.25, 0.3) is 5.65 Å². The maximum Gasteiger partial charge on any atom is 0.416 e. The normalized spacial score (nSPS) is 12.5. The summed E-state index contributed by atoms with van der Waals surface area (Å²) in [4.78, 5) is 17.5. The molecule has 4 aromatic rings. The van der Waals surface area contributed by atoms with Gasteiger partial charge in [0.05, 0.1) is 23.9 Å². The standard InChI is InChI=1S/C25H22F3N3O3/c1-16-22(24(33)30-20(14-32)17-8-3-2-4-9-17)31-13-7-12-21(23(31)29-16)34-15-18-10-5-6-11-19(18)25(26,27)28/h2-13,20,32H,14-15H2,1H3,(H,30,33)/t20-/m0/s1. The van der Waals surface area contributed by atoms with Gasteiger partial charge in [0.1, 0.15) is 12.3 Å². The lowest BCUT2D eigenvalue weighted by atomic mass is 10.1. The molecule has 1 amide bonds. The van der Waals surface area contributed by atoms with Crippen LogP contribution in [-0.4, -0.2) is 27.0 Å². The fourth-order valence-corrected chi connectivity index (χ4v) is 3.77. The summed E-state index contributed by atoms with van der Waals surface area (Å²) in [7, 11) is 0. The third kappa shape index (κ3) is 4.74. The van der Waals surface area contributed by atoms with E-state index in [4.69, 9.17) is 4.74 Å². The molecular formula is C25H22F3N3O3. The maximum absolute atomic E-state index is 13.3. The zero-order valence-corrected chi connectivity index (χ0v) is 18.2. The molecule has 0 aliphatic heterocycles. The summed E-state index contributed by atoms with van der Waals surface area (Å²) >= 11 is 0. The van der Waals surface area contributed by atoms with Gasteiger partial charge in [0, 0.05) is 11.8 Å². The molecule has 0 fully saturated rings. The van der Waals surface area contributed by atoms with E-state index in [-0.39, 0.29) is 30.2 Å². The van der Waals surface area contributed by atoms with Crippen molar-refractivity contribution in [2.45, 2.75) is 25.7 Å². The first-order chi connectivity index (χ1) is 16.3. The molecule has 2 N–H and O–H groups in total. The van der Waals surface area contributed by atoms with E-state index in [0.717, 1.165) is 11.6 Å². The lowest BCUT2D eigenvalue weighted by Gasteiger charge is -2.17. The van der Waals surface area contributed by atoms with Crippen molar-refractivity contribution in [2.24, 2.45) is 0 Å². The number of ether oxygens (including phenoxy) is 1. The van der Waals surface area contributed by atoms with Crippen LogP contribution in [0.3, 0.4) is 0 Å². The van der Waals surface area contributed by atoms with E-state index < -0.39 is 23.7 Å². The Morgan fingerprint density at radius 1 is 1.09 bits per heavy atom. The minimum absolute atomic E-state index is 0.00750. The highest BCUT2D eigenvalue weighted by Gasteiger charge is 2.33. The van der Waals surface area contributed by atoms with E-state index >= 15 is 0 Å². The summed E-state index contributed by atoms with van der Waals surface area (Å²) in [5.41, 5.74) is 0.927. The Hall–Kier alpha value is -3.85. The Morgan fingerprint density at radius 3 is 2.50 bits per heavy atom. The van der Waals surface area contributed by atoms with Crippen molar-refractivity contribution in [3.05, 3.63) is 101 Å². The van der Waals surface area contributed by atoms with Crippen LogP contribution in [0.15, 0.2) is 72.9 Å². The van der Waals surface area contributed by atoms with E-state index in [1.165, 1.54) is 22.6 Å². The van der Waals surface area contributed by atoms with Crippen LogP contribution >= 0.6 is 0 Å². The number of pyridine rings is 1. The zero-order valence-electron chi connectivity index (χ0n) is 18.2. The van der Waals surface area contributed by atoms with E-state index in [1.54, 1.807) is 37.4 Å². The topological polar surface area (TPSA) is 75.9 Å². The molecule has 0 spiro atoms. The highest BCUT2D eigenvalue weighted by Crippen LogP contribution is 2.33. The van der Waals surface area contributed by atoms with Crippen LogP contribution < -0.4 is 10.1 Å². The van der Waals surface area contributed by atoms with Gasteiger partial charge in [-0.1, -0.05) is 48.5 Å². The van der Waals surface area contributed by atoms with E-state index in [2.05, 4.69) is 10.3 Å². The lowest BCUT2D eigenvalue weighted by Crippen LogP contribution is -2.32. The van der Waals surface area contributed by atoms with Gasteiger partial charge in [-0.25, -0.2) is 4.98 Å². The second-order valence-electron chi connectivity index (χ2n) is 7.67. The predicted molar refractivity (Wildman–Crippen MR) is 119 cm³/mol. The first-order valence-electron chi connectivity index (χ1n) is 10.5. The van der Waals surface area contributed by atoms with Crippen LogP contribution in [-0.2, 0) is 12.8 Å². The minimum Gasteiger partial charge on any atom is -0.485 e. The number of aryl methyl sites for hydroxylation is 1. The van der Waals surface area contributed by atoms with Gasteiger partial charge in [0.25, 0.3) is 5.91 Å². The molecule has 34 heavy (non-hydrogen) atoms. The first-order valence-corrected chi connectivity index (χ1v) is 10.5. The molecule has 1 atom stereocenters. The minimum atomic E-state index is -4.50. The third-order valence-corrected chi connectivity index (χ3v) is 5.40. The molecule has 2 heterocycles. The zero-order chi connectivity index (χ0) is 24.3. The number of imidazole rings is 1. The van der Waals surface area contributed by atoms with Crippen LogP contribution in [0.1, 0.15) is 38.9 Å². The van der Waals surface area contributed by atoms with Crippen LogP contribution in [0.5, 0.6) is 5.75 Å². The number of carbonyl (C=O) groups is 1. The fraction of sp³-hybridized carbons (Fsp3) is 0.200. The monoisotopic (exact) mass is 469 g/mol. The number of hydrogen-bond donors (Lipinski definition) is 2. The summed E-state index contributed by atoms with van der Waals surface area (Å²) in [6.07, 6.45) is -2.87. The number of nitrogens with one attached hydrogen (secondary N) is 1. The molecule has 0 unspecified atom stereocenters. The molecule has 2 aromatic heterocycles. The summed E-state index contributed by atoms with van der Waals surface area (Å²) in [6, 6.07) is 16.8. The van der Waals surface area contributed by atoms with E-state index in [1.807, 2.05) is 18.2 Å². The average molecular weight is 469 g/mol. The second-order valence-corrected chi connectivity index (χ2v) is 7.67.